The zero-order valence-electron chi connectivity index (χ0n) is 8.33. The zero-order valence-corrected chi connectivity index (χ0v) is 8.33. The van der Waals surface area contributed by atoms with Gasteiger partial charge in [-0.3, -0.25) is 0 Å². The first-order valence-corrected chi connectivity index (χ1v) is 5.67. The first-order valence-electron chi connectivity index (χ1n) is 5.67. The van der Waals surface area contributed by atoms with E-state index in [0.29, 0.717) is 6.10 Å². The van der Waals surface area contributed by atoms with Gasteiger partial charge in [0.15, 0.2) is 0 Å². The predicted octanol–water partition coefficient (Wildman–Crippen LogP) is 2.77. The molecule has 0 aromatic carbocycles. The van der Waals surface area contributed by atoms with Gasteiger partial charge in [0, 0.05) is 12.5 Å². The van der Waals surface area contributed by atoms with Crippen LogP contribution in [-0.2, 0) is 4.74 Å². The van der Waals surface area contributed by atoms with Gasteiger partial charge < -0.3 is 4.74 Å². The van der Waals surface area contributed by atoms with E-state index in [1.54, 1.807) is 5.57 Å². The third-order valence-electron chi connectivity index (χ3n) is 4.32. The van der Waals surface area contributed by atoms with Crippen LogP contribution in [0.5, 0.6) is 0 Å². The number of hydrogen-bond donors (Lipinski definition) is 0. The standard InChI is InChI=1S/C12H18O/c1-2-8-6-9-7-11(8)12-10(9)4-3-5-13-12/h2,9-12H,3-7H2,1H3. The summed E-state index contributed by atoms with van der Waals surface area (Å²) < 4.78 is 5.93. The van der Waals surface area contributed by atoms with Gasteiger partial charge in [0.1, 0.15) is 0 Å². The topological polar surface area (TPSA) is 9.23 Å². The summed E-state index contributed by atoms with van der Waals surface area (Å²) in [5.74, 6) is 2.70. The Bertz CT molecular complexity index is 244. The minimum absolute atomic E-state index is 0.610. The average molecular weight is 178 g/mol. The van der Waals surface area contributed by atoms with Gasteiger partial charge in [0.05, 0.1) is 6.10 Å². The van der Waals surface area contributed by atoms with Crippen molar-refractivity contribution >= 4 is 0 Å². The fourth-order valence-electron chi connectivity index (χ4n) is 3.76. The number of allylic oxidation sites excluding steroid dienone is 1. The van der Waals surface area contributed by atoms with Gasteiger partial charge in [0.25, 0.3) is 0 Å². The lowest BCUT2D eigenvalue weighted by molar-refractivity contribution is -0.0423. The second kappa shape index (κ2) is 2.84. The van der Waals surface area contributed by atoms with Crippen molar-refractivity contribution in [3.8, 4) is 0 Å². The van der Waals surface area contributed by atoms with Crippen molar-refractivity contribution in [1.29, 1.82) is 0 Å². The molecule has 0 N–H and O–H groups in total. The Balaban J connectivity index is 1.87. The molecule has 3 rings (SSSR count). The second-order valence-electron chi connectivity index (χ2n) is 4.81. The van der Waals surface area contributed by atoms with E-state index < -0.39 is 0 Å². The first-order chi connectivity index (χ1) is 6.40. The van der Waals surface area contributed by atoms with Gasteiger partial charge in [-0.15, -0.1) is 0 Å². The molecule has 3 fully saturated rings. The summed E-state index contributed by atoms with van der Waals surface area (Å²) >= 11 is 0. The molecule has 1 heteroatoms. The van der Waals surface area contributed by atoms with Crippen LogP contribution in [0.25, 0.3) is 0 Å². The smallest absolute Gasteiger partial charge is 0.0671 e. The van der Waals surface area contributed by atoms with E-state index in [1.165, 1.54) is 25.7 Å². The summed E-state index contributed by atoms with van der Waals surface area (Å²) in [6, 6.07) is 0. The van der Waals surface area contributed by atoms with Gasteiger partial charge in [-0.25, -0.2) is 0 Å². The molecule has 1 aliphatic heterocycles. The van der Waals surface area contributed by atoms with E-state index in [9.17, 15) is 0 Å². The Morgan fingerprint density at radius 3 is 3.23 bits per heavy atom. The highest BCUT2D eigenvalue weighted by atomic mass is 16.5. The lowest BCUT2D eigenvalue weighted by Crippen LogP contribution is -2.35. The molecule has 4 atom stereocenters. The molecule has 4 unspecified atom stereocenters. The van der Waals surface area contributed by atoms with Gasteiger partial charge in [0.2, 0.25) is 0 Å². The maximum absolute atomic E-state index is 5.93. The summed E-state index contributed by atoms with van der Waals surface area (Å²) in [6.45, 7) is 3.20. The molecule has 2 saturated carbocycles. The predicted molar refractivity (Wildman–Crippen MR) is 52.4 cm³/mol. The molecule has 0 radical (unpaired) electrons. The van der Waals surface area contributed by atoms with Gasteiger partial charge in [-0.1, -0.05) is 11.6 Å². The normalized spacial score (nSPS) is 51.3. The number of fused-ring (bicyclic) bond motifs is 5. The third kappa shape index (κ3) is 1.03. The Morgan fingerprint density at radius 1 is 1.46 bits per heavy atom. The fraction of sp³-hybridized carbons (Fsp3) is 0.833. The maximum atomic E-state index is 5.93. The lowest BCUT2D eigenvalue weighted by Gasteiger charge is -2.36. The van der Waals surface area contributed by atoms with E-state index in [4.69, 9.17) is 4.74 Å². The molecule has 2 bridgehead atoms. The largest absolute Gasteiger partial charge is 0.377 e. The Kier molecular flexibility index (Phi) is 1.76. The quantitative estimate of drug-likeness (QED) is 0.518. The highest BCUT2D eigenvalue weighted by molar-refractivity contribution is 5.21. The zero-order chi connectivity index (χ0) is 8.84. The van der Waals surface area contributed by atoms with Crippen molar-refractivity contribution < 1.29 is 4.74 Å². The van der Waals surface area contributed by atoms with E-state index in [2.05, 4.69) is 13.0 Å². The first kappa shape index (κ1) is 8.05. The lowest BCUT2D eigenvalue weighted by atomic mass is 9.79. The SMILES string of the molecule is CC=C1CC2CC1C1OCCCC21. The molecule has 0 spiro atoms. The van der Waals surface area contributed by atoms with Crippen molar-refractivity contribution in [1.82, 2.24) is 0 Å². The van der Waals surface area contributed by atoms with Crippen LogP contribution < -0.4 is 0 Å². The number of ether oxygens (including phenoxy) is 1. The van der Waals surface area contributed by atoms with E-state index in [-0.39, 0.29) is 0 Å². The van der Waals surface area contributed by atoms with Crippen LogP contribution in [0.4, 0.5) is 0 Å². The van der Waals surface area contributed by atoms with Crippen molar-refractivity contribution in [2.75, 3.05) is 6.61 Å². The minimum atomic E-state index is 0.610. The van der Waals surface area contributed by atoms with Crippen LogP contribution in [0.1, 0.15) is 32.6 Å². The molecule has 1 heterocycles. The van der Waals surface area contributed by atoms with Crippen LogP contribution in [-0.4, -0.2) is 12.7 Å². The highest BCUT2D eigenvalue weighted by Crippen LogP contribution is 2.55. The number of hydrogen-bond acceptors (Lipinski definition) is 1. The molecule has 1 saturated heterocycles. The van der Waals surface area contributed by atoms with Crippen LogP contribution in [0.15, 0.2) is 11.6 Å². The van der Waals surface area contributed by atoms with Crippen LogP contribution in [0.3, 0.4) is 0 Å². The Morgan fingerprint density at radius 2 is 2.38 bits per heavy atom. The summed E-state index contributed by atoms with van der Waals surface area (Å²) in [7, 11) is 0. The molecular formula is C12H18O. The maximum Gasteiger partial charge on any atom is 0.0671 e. The molecular weight excluding hydrogens is 160 g/mol. The minimum Gasteiger partial charge on any atom is -0.377 e. The Labute approximate surface area is 80.2 Å². The molecule has 72 valence electrons. The molecule has 13 heavy (non-hydrogen) atoms. The van der Waals surface area contributed by atoms with Crippen molar-refractivity contribution in [2.45, 2.75) is 38.7 Å². The fourth-order valence-corrected chi connectivity index (χ4v) is 3.76. The molecule has 0 aromatic heterocycles. The highest BCUT2D eigenvalue weighted by Gasteiger charge is 2.51. The molecule has 3 aliphatic rings. The van der Waals surface area contributed by atoms with Crippen LogP contribution in [0, 0.1) is 17.8 Å². The van der Waals surface area contributed by atoms with Gasteiger partial charge in [-0.2, -0.15) is 0 Å². The number of rotatable bonds is 0. The van der Waals surface area contributed by atoms with Crippen LogP contribution >= 0.6 is 0 Å². The molecule has 0 aromatic rings. The summed E-state index contributed by atoms with van der Waals surface area (Å²) in [5.41, 5.74) is 1.69. The second-order valence-corrected chi connectivity index (χ2v) is 4.81. The van der Waals surface area contributed by atoms with E-state index >= 15 is 0 Å². The Hall–Kier alpha value is -0.300. The summed E-state index contributed by atoms with van der Waals surface area (Å²) in [4.78, 5) is 0. The van der Waals surface area contributed by atoms with E-state index in [1.807, 2.05) is 0 Å². The van der Waals surface area contributed by atoms with Gasteiger partial charge >= 0.3 is 0 Å². The van der Waals surface area contributed by atoms with Crippen LogP contribution in [0.2, 0.25) is 0 Å². The summed E-state index contributed by atoms with van der Waals surface area (Å²) in [5, 5.41) is 0. The van der Waals surface area contributed by atoms with E-state index in [0.717, 1.165) is 24.4 Å². The molecule has 2 aliphatic carbocycles. The summed E-state index contributed by atoms with van der Waals surface area (Å²) in [6.07, 6.45) is 8.48. The molecule has 1 nitrogen and oxygen atoms in total. The van der Waals surface area contributed by atoms with Crippen molar-refractivity contribution in [3.63, 3.8) is 0 Å². The molecule has 0 amide bonds. The monoisotopic (exact) mass is 178 g/mol. The van der Waals surface area contributed by atoms with Gasteiger partial charge in [-0.05, 0) is 44.4 Å². The average Bonchev–Trinajstić information content (AvgIpc) is 2.75. The third-order valence-corrected chi connectivity index (χ3v) is 4.32. The van der Waals surface area contributed by atoms with Crippen molar-refractivity contribution in [2.24, 2.45) is 17.8 Å². The van der Waals surface area contributed by atoms with Crippen molar-refractivity contribution in [3.05, 3.63) is 11.6 Å².